The van der Waals surface area contributed by atoms with Crippen molar-refractivity contribution in [2.75, 3.05) is 9.80 Å². The minimum absolute atomic E-state index is 0.698. The van der Waals surface area contributed by atoms with Gasteiger partial charge in [-0.2, -0.15) is 0 Å². The first-order valence-electron chi connectivity index (χ1n) is 24.2. The smallest absolute Gasteiger partial charge is 0.136 e. The number of hydrogen-bond donors (Lipinski definition) is 0. The number of rotatable bonds is 4. The Morgan fingerprint density at radius 2 is 0.786 bits per heavy atom. The number of fused-ring (bicyclic) bond motifs is 20. The van der Waals surface area contributed by atoms with Gasteiger partial charge < -0.3 is 14.2 Å². The van der Waals surface area contributed by atoms with Crippen LogP contribution in [-0.4, -0.2) is 0 Å². The highest BCUT2D eigenvalue weighted by Gasteiger charge is 2.50. The zero-order valence-corrected chi connectivity index (χ0v) is 38.1. The quantitative estimate of drug-likeness (QED) is 0.176. The molecule has 3 heteroatoms. The minimum Gasteiger partial charge on any atom is -0.456 e. The number of para-hydroxylation sites is 4. The van der Waals surface area contributed by atoms with E-state index in [0.29, 0.717) is 0 Å². The van der Waals surface area contributed by atoms with Crippen LogP contribution < -0.4 is 9.80 Å². The molecule has 3 aliphatic rings. The molecular weight excluding hydrogens is 849 g/mol. The first kappa shape index (κ1) is 38.9. The van der Waals surface area contributed by atoms with Gasteiger partial charge >= 0.3 is 0 Å². The van der Waals surface area contributed by atoms with Crippen molar-refractivity contribution >= 4 is 56.1 Å². The third-order valence-corrected chi connectivity index (χ3v) is 15.2. The highest BCUT2D eigenvalue weighted by atomic mass is 16.3. The summed E-state index contributed by atoms with van der Waals surface area (Å²) in [5.41, 5.74) is 24.9. The van der Waals surface area contributed by atoms with Crippen molar-refractivity contribution in [3.8, 4) is 55.6 Å². The highest BCUT2D eigenvalue weighted by Crippen LogP contribution is 2.63. The number of benzene rings is 11. The van der Waals surface area contributed by atoms with Crippen molar-refractivity contribution in [1.82, 2.24) is 0 Å². The Morgan fingerprint density at radius 3 is 1.51 bits per heavy atom. The molecule has 326 valence electrons. The van der Waals surface area contributed by atoms with Crippen LogP contribution in [0.15, 0.2) is 259 Å². The number of hydrogen-bond acceptors (Lipinski definition) is 3. The van der Waals surface area contributed by atoms with E-state index in [4.69, 9.17) is 4.42 Å². The lowest BCUT2D eigenvalue weighted by Gasteiger charge is -2.36. The van der Waals surface area contributed by atoms with E-state index in [0.717, 1.165) is 61.6 Å². The second kappa shape index (κ2) is 14.9. The molecule has 0 saturated heterocycles. The topological polar surface area (TPSA) is 19.6 Å². The van der Waals surface area contributed by atoms with Crippen molar-refractivity contribution < 1.29 is 4.42 Å². The largest absolute Gasteiger partial charge is 0.456 e. The molecule has 2 heterocycles. The molecule has 70 heavy (non-hydrogen) atoms. The van der Waals surface area contributed by atoms with Gasteiger partial charge in [-0.3, -0.25) is 0 Å². The fourth-order valence-corrected chi connectivity index (χ4v) is 12.4. The molecule has 0 fully saturated rings. The predicted molar refractivity (Wildman–Crippen MR) is 289 cm³/mol. The van der Waals surface area contributed by atoms with E-state index in [1.165, 1.54) is 72.3 Å². The molecule has 1 atom stereocenters. The third-order valence-electron chi connectivity index (χ3n) is 15.2. The summed E-state index contributed by atoms with van der Waals surface area (Å²) in [5.74, 6) is 0. The zero-order valence-electron chi connectivity index (χ0n) is 38.1. The van der Waals surface area contributed by atoms with Gasteiger partial charge in [0.05, 0.1) is 16.8 Å². The van der Waals surface area contributed by atoms with Gasteiger partial charge in [-0.1, -0.05) is 176 Å². The standard InChI is InChI=1S/C67H42N2O/c1-3-19-43(20-4-1)68(45-36-38-64-57(39-45)50-26-10-9-25-49(50)54-29-13-17-33-63(54)69(64)44-21-5-2-6-22-44)46-35-37-53-48-24-8-7-23-47(48)51-27-11-15-31-59(51)67(61(53)40-46)60-32-16-12-28-52(60)56-42-66-58(41-62(56)67)55-30-14-18-34-65(55)70-66/h1-42H. The Labute approximate surface area is 406 Å². The van der Waals surface area contributed by atoms with Crippen molar-refractivity contribution in [2.24, 2.45) is 0 Å². The molecule has 2 aliphatic carbocycles. The van der Waals surface area contributed by atoms with Crippen molar-refractivity contribution in [1.29, 1.82) is 0 Å². The number of anilines is 6. The van der Waals surface area contributed by atoms with Gasteiger partial charge in [-0.05, 0) is 146 Å². The summed E-state index contributed by atoms with van der Waals surface area (Å²) in [4.78, 5) is 4.89. The lowest BCUT2D eigenvalue weighted by molar-refractivity contribution is 0.668. The van der Waals surface area contributed by atoms with Gasteiger partial charge in [0.25, 0.3) is 0 Å². The average Bonchev–Trinajstić information content (AvgIpc) is 3.86. The molecule has 15 rings (SSSR count). The van der Waals surface area contributed by atoms with Gasteiger partial charge in [-0.15, -0.1) is 0 Å². The lowest BCUT2D eigenvalue weighted by atomic mass is 9.65. The summed E-state index contributed by atoms with van der Waals surface area (Å²) < 4.78 is 6.64. The molecule has 0 radical (unpaired) electrons. The summed E-state index contributed by atoms with van der Waals surface area (Å²) in [6.45, 7) is 0. The van der Waals surface area contributed by atoms with E-state index in [9.17, 15) is 0 Å². The van der Waals surface area contributed by atoms with Gasteiger partial charge in [0.1, 0.15) is 11.2 Å². The minimum atomic E-state index is -0.698. The van der Waals surface area contributed by atoms with E-state index < -0.39 is 5.41 Å². The molecule has 0 bridgehead atoms. The SMILES string of the molecule is c1ccc(N(c2ccc3c(c2)-c2ccccc2-c2ccccc2N3c2ccccc2)c2ccc3c(c2)C2(c4ccccc4-c4ccccc4-3)c3ccccc3-c3cc4oc5ccccc5c4cc32)cc1. The molecule has 3 nitrogen and oxygen atoms in total. The predicted octanol–water partition coefficient (Wildman–Crippen LogP) is 18.2. The van der Waals surface area contributed by atoms with Crippen LogP contribution in [0.1, 0.15) is 22.3 Å². The fourth-order valence-electron chi connectivity index (χ4n) is 12.4. The van der Waals surface area contributed by atoms with E-state index in [1.54, 1.807) is 0 Å². The van der Waals surface area contributed by atoms with Gasteiger partial charge in [0.2, 0.25) is 0 Å². The maximum Gasteiger partial charge on any atom is 0.136 e. The summed E-state index contributed by atoms with van der Waals surface area (Å²) in [6.07, 6.45) is 0. The van der Waals surface area contributed by atoms with Crippen LogP contribution in [0.3, 0.4) is 0 Å². The number of furan rings is 1. The Morgan fingerprint density at radius 1 is 0.286 bits per heavy atom. The van der Waals surface area contributed by atoms with Crippen LogP contribution in [0.2, 0.25) is 0 Å². The molecular formula is C67H42N2O. The van der Waals surface area contributed by atoms with Gasteiger partial charge in [0.15, 0.2) is 0 Å². The highest BCUT2D eigenvalue weighted by molar-refractivity contribution is 6.09. The van der Waals surface area contributed by atoms with Crippen molar-refractivity contribution in [2.45, 2.75) is 5.41 Å². The van der Waals surface area contributed by atoms with Crippen LogP contribution in [0.5, 0.6) is 0 Å². The Kier molecular flexibility index (Phi) is 8.28. The zero-order chi connectivity index (χ0) is 45.9. The van der Waals surface area contributed by atoms with Gasteiger partial charge in [0, 0.05) is 44.6 Å². The molecule has 11 aromatic carbocycles. The van der Waals surface area contributed by atoms with E-state index >= 15 is 0 Å². The second-order valence-electron chi connectivity index (χ2n) is 18.7. The van der Waals surface area contributed by atoms with Crippen molar-refractivity contribution in [3.05, 3.63) is 277 Å². The number of nitrogens with zero attached hydrogens (tertiary/aromatic N) is 2. The lowest BCUT2D eigenvalue weighted by Crippen LogP contribution is -2.29. The first-order valence-corrected chi connectivity index (χ1v) is 24.2. The van der Waals surface area contributed by atoms with E-state index in [2.05, 4.69) is 265 Å². The third kappa shape index (κ3) is 5.40. The maximum absolute atomic E-state index is 6.64. The van der Waals surface area contributed by atoms with Crippen LogP contribution in [-0.2, 0) is 5.41 Å². The van der Waals surface area contributed by atoms with E-state index in [1.807, 2.05) is 0 Å². The Bertz CT molecular complexity index is 4090. The molecule has 0 saturated carbocycles. The summed E-state index contributed by atoms with van der Waals surface area (Å²) in [7, 11) is 0. The molecule has 12 aromatic rings. The maximum atomic E-state index is 6.64. The van der Waals surface area contributed by atoms with Gasteiger partial charge in [-0.25, -0.2) is 0 Å². The van der Waals surface area contributed by atoms with Crippen LogP contribution in [0.4, 0.5) is 34.1 Å². The summed E-state index contributed by atoms with van der Waals surface area (Å²) in [5, 5.41) is 2.25. The molecule has 0 amide bonds. The molecule has 1 spiro atoms. The van der Waals surface area contributed by atoms with E-state index in [-0.39, 0.29) is 0 Å². The monoisotopic (exact) mass is 890 g/mol. The molecule has 0 N–H and O–H groups in total. The average molecular weight is 891 g/mol. The summed E-state index contributed by atoms with van der Waals surface area (Å²) in [6, 6.07) is 94.1. The fraction of sp³-hybridized carbons (Fsp3) is 0.0149. The van der Waals surface area contributed by atoms with Crippen LogP contribution in [0.25, 0.3) is 77.6 Å². The van der Waals surface area contributed by atoms with Crippen LogP contribution in [0, 0.1) is 0 Å². The Balaban J connectivity index is 1.03. The molecule has 1 aromatic heterocycles. The molecule has 1 aliphatic heterocycles. The second-order valence-corrected chi connectivity index (χ2v) is 18.7. The molecule has 1 unspecified atom stereocenters. The normalized spacial score (nSPS) is 14.6. The Hall–Kier alpha value is -9.18. The van der Waals surface area contributed by atoms with Crippen molar-refractivity contribution in [3.63, 3.8) is 0 Å². The first-order chi connectivity index (χ1) is 34.7. The summed E-state index contributed by atoms with van der Waals surface area (Å²) >= 11 is 0. The van der Waals surface area contributed by atoms with Crippen LogP contribution >= 0.6 is 0 Å².